The zero-order valence-electron chi connectivity index (χ0n) is 36.5. The third-order valence-corrected chi connectivity index (χ3v) is 24.0. The Kier molecular flexibility index (Phi) is 16.3. The van der Waals surface area contributed by atoms with Crippen molar-refractivity contribution in [1.82, 2.24) is 4.90 Å². The van der Waals surface area contributed by atoms with Crippen LogP contribution in [0.4, 0.5) is 5.69 Å². The summed E-state index contributed by atoms with van der Waals surface area (Å²) in [6, 6.07) is 22.8. The highest BCUT2D eigenvalue weighted by Crippen LogP contribution is 2.51. The highest BCUT2D eigenvalue weighted by Gasteiger charge is 2.48. The summed E-state index contributed by atoms with van der Waals surface area (Å²) in [4.78, 5) is 16.8. The van der Waals surface area contributed by atoms with Crippen LogP contribution in [-0.4, -0.2) is 54.7 Å². The minimum atomic E-state index is -2.23. The molecule has 0 fully saturated rings. The van der Waals surface area contributed by atoms with Crippen LogP contribution in [0.15, 0.2) is 66.7 Å². The van der Waals surface area contributed by atoms with Gasteiger partial charge in [0, 0.05) is 12.2 Å². The predicted molar refractivity (Wildman–Crippen MR) is 242 cm³/mol. The molecule has 1 aliphatic carbocycles. The van der Waals surface area contributed by atoms with Crippen LogP contribution in [0, 0.1) is 0 Å². The monoisotopic (exact) mass is 806 g/mol. The summed E-state index contributed by atoms with van der Waals surface area (Å²) in [7, 11) is -0.297. The Morgan fingerprint density at radius 3 is 1.58 bits per heavy atom. The fourth-order valence-electron chi connectivity index (χ4n) is 9.60. The SMILES string of the molecule is CCC1=C(c2ccc(O[Si](C(C)C)(C(C)C)C(C)C)cc2)C(C(=O)Nc2ccc(OCCN(C)C)cc2)c2cc(O[Si](C(C)C)(C(C)C)C(C)C)ccc21.Cl. The first-order chi connectivity index (χ1) is 25.4. The first kappa shape index (κ1) is 46.3. The van der Waals surface area contributed by atoms with Crippen LogP contribution in [0.2, 0.25) is 33.2 Å². The molecule has 1 N–H and O–H groups in total. The van der Waals surface area contributed by atoms with Gasteiger partial charge in [0.15, 0.2) is 0 Å². The molecule has 1 amide bonds. The van der Waals surface area contributed by atoms with Gasteiger partial charge in [0.05, 0.1) is 5.92 Å². The Balaban J connectivity index is 0.00000812. The zero-order chi connectivity index (χ0) is 40.1. The lowest BCUT2D eigenvalue weighted by atomic mass is 9.89. The van der Waals surface area contributed by atoms with Crippen molar-refractivity contribution in [2.75, 3.05) is 32.6 Å². The Bertz CT molecular complexity index is 1690. The summed E-state index contributed by atoms with van der Waals surface area (Å²) in [5.41, 5.74) is 8.90. The highest BCUT2D eigenvalue weighted by atomic mass is 35.5. The molecule has 1 aliphatic rings. The van der Waals surface area contributed by atoms with Crippen molar-refractivity contribution in [2.45, 2.75) is 136 Å². The van der Waals surface area contributed by atoms with Crippen LogP contribution in [0.5, 0.6) is 17.2 Å². The van der Waals surface area contributed by atoms with Crippen LogP contribution in [0.25, 0.3) is 11.1 Å². The van der Waals surface area contributed by atoms with E-state index in [1.54, 1.807) is 0 Å². The Morgan fingerprint density at radius 1 is 0.673 bits per heavy atom. The van der Waals surface area contributed by atoms with E-state index in [4.69, 9.17) is 13.6 Å². The van der Waals surface area contributed by atoms with Gasteiger partial charge in [-0.25, -0.2) is 0 Å². The zero-order valence-corrected chi connectivity index (χ0v) is 39.3. The molecule has 6 nitrogen and oxygen atoms in total. The third kappa shape index (κ3) is 9.74. The van der Waals surface area contributed by atoms with Crippen molar-refractivity contribution >= 4 is 51.8 Å². The largest absolute Gasteiger partial charge is 0.543 e. The smallest absolute Gasteiger partial charge is 0.258 e. The lowest BCUT2D eigenvalue weighted by molar-refractivity contribution is -0.116. The lowest BCUT2D eigenvalue weighted by Gasteiger charge is -2.42. The fourth-order valence-corrected chi connectivity index (χ4v) is 20.1. The highest BCUT2D eigenvalue weighted by molar-refractivity contribution is 6.78. The molecule has 0 bridgehead atoms. The van der Waals surface area contributed by atoms with E-state index < -0.39 is 22.6 Å². The fraction of sp³-hybridized carbons (Fsp3) is 0.543. The van der Waals surface area contributed by atoms with E-state index in [0.717, 1.165) is 58.2 Å². The number of carbonyl (C=O) groups is 1. The Hall–Kier alpha value is -3.05. The third-order valence-electron chi connectivity index (χ3n) is 12.0. The van der Waals surface area contributed by atoms with Crippen molar-refractivity contribution in [3.8, 4) is 17.2 Å². The summed E-state index contributed by atoms with van der Waals surface area (Å²) in [5, 5.41) is 3.28. The maximum absolute atomic E-state index is 14.7. The number of halogens is 1. The lowest BCUT2D eigenvalue weighted by Crippen LogP contribution is -2.50. The number of allylic oxidation sites excluding steroid dienone is 1. The number of amides is 1. The van der Waals surface area contributed by atoms with E-state index in [0.29, 0.717) is 39.9 Å². The van der Waals surface area contributed by atoms with E-state index >= 15 is 0 Å². The van der Waals surface area contributed by atoms with Gasteiger partial charge >= 0.3 is 0 Å². The first-order valence-corrected chi connectivity index (χ1v) is 24.7. The number of hydrogen-bond donors (Lipinski definition) is 1. The van der Waals surface area contributed by atoms with Crippen molar-refractivity contribution in [3.05, 3.63) is 83.4 Å². The second-order valence-corrected chi connectivity index (χ2v) is 28.2. The summed E-state index contributed by atoms with van der Waals surface area (Å²) in [6.07, 6.45) is 0.802. The molecule has 3 aromatic carbocycles. The molecule has 0 saturated carbocycles. The van der Waals surface area contributed by atoms with Crippen LogP contribution >= 0.6 is 12.4 Å². The molecule has 1 atom stereocenters. The van der Waals surface area contributed by atoms with E-state index in [9.17, 15) is 4.79 Å². The number of rotatable bonds is 18. The number of benzene rings is 3. The van der Waals surface area contributed by atoms with Crippen molar-refractivity contribution in [1.29, 1.82) is 0 Å². The number of nitrogens with one attached hydrogen (secondary N) is 1. The Labute approximate surface area is 342 Å². The summed E-state index contributed by atoms with van der Waals surface area (Å²) in [5.74, 6) is 2.00. The topological polar surface area (TPSA) is 60.0 Å². The van der Waals surface area contributed by atoms with Gasteiger partial charge in [0.2, 0.25) is 5.91 Å². The van der Waals surface area contributed by atoms with Crippen LogP contribution < -0.4 is 18.9 Å². The van der Waals surface area contributed by atoms with Crippen molar-refractivity contribution < 1.29 is 18.4 Å². The van der Waals surface area contributed by atoms with Crippen LogP contribution in [0.3, 0.4) is 0 Å². The van der Waals surface area contributed by atoms with Crippen molar-refractivity contribution in [3.63, 3.8) is 0 Å². The van der Waals surface area contributed by atoms with Crippen molar-refractivity contribution in [2.24, 2.45) is 0 Å². The molecule has 0 aliphatic heterocycles. The standard InChI is InChI=1S/C46H70N2O4Si2.ClH/c1-16-41-42-26-25-40(52-54(33(8)9,34(10)11)35(12)13)29-43(42)45(46(49)47-37-19-23-38(24-20-37)50-28-27-48(14)15)44(41)36-17-21-39(22-18-36)51-53(30(2)3,31(4)5)32(6)7;/h17-26,29-35,45H,16,27-28H2,1-15H3,(H,47,49);1H. The minimum Gasteiger partial charge on any atom is -0.543 e. The minimum absolute atomic E-state index is 0. The molecule has 9 heteroatoms. The molecule has 0 saturated heterocycles. The Morgan fingerprint density at radius 2 is 1.13 bits per heavy atom. The van der Waals surface area contributed by atoms with E-state index in [2.05, 4.69) is 143 Å². The molecular formula is C46H71ClN2O4Si2. The summed E-state index contributed by atoms with van der Waals surface area (Å²) in [6.45, 7) is 31.4. The van der Waals surface area contributed by atoms with Gasteiger partial charge < -0.3 is 23.8 Å². The molecule has 4 rings (SSSR count). The van der Waals surface area contributed by atoms with Gasteiger partial charge in [-0.15, -0.1) is 12.4 Å². The van der Waals surface area contributed by atoms with Gasteiger partial charge in [-0.2, -0.15) is 0 Å². The number of hydrogen-bond acceptors (Lipinski definition) is 5. The van der Waals surface area contributed by atoms with Gasteiger partial charge in [0.25, 0.3) is 16.6 Å². The summed E-state index contributed by atoms with van der Waals surface area (Å²) >= 11 is 0. The molecule has 1 unspecified atom stereocenters. The summed E-state index contributed by atoms with van der Waals surface area (Å²) < 4.78 is 20.2. The second-order valence-electron chi connectivity index (χ2n) is 17.5. The molecule has 304 valence electrons. The number of carbonyl (C=O) groups excluding carboxylic acids is 1. The normalized spacial score (nSPS) is 14.8. The molecular weight excluding hydrogens is 736 g/mol. The average molecular weight is 808 g/mol. The number of ether oxygens (including phenoxy) is 1. The average Bonchev–Trinajstić information content (AvgIpc) is 3.43. The number of fused-ring (bicyclic) bond motifs is 1. The van der Waals surface area contributed by atoms with Gasteiger partial charge in [-0.05, 0) is 130 Å². The maximum atomic E-state index is 14.7. The molecule has 0 spiro atoms. The maximum Gasteiger partial charge on any atom is 0.258 e. The molecule has 0 heterocycles. The number of nitrogens with zero attached hydrogens (tertiary/aromatic N) is 1. The molecule has 55 heavy (non-hydrogen) atoms. The van der Waals surface area contributed by atoms with E-state index in [-0.39, 0.29) is 18.3 Å². The molecule has 0 aromatic heterocycles. The van der Waals surface area contributed by atoms with Gasteiger partial charge in [-0.1, -0.05) is 108 Å². The predicted octanol–water partition coefficient (Wildman–Crippen LogP) is 13.2. The van der Waals surface area contributed by atoms with Gasteiger partial charge in [0.1, 0.15) is 23.9 Å². The number of likely N-dealkylation sites (N-methyl/N-ethyl adjacent to an activating group) is 1. The number of anilines is 1. The quantitative estimate of drug-likeness (QED) is 0.130. The first-order valence-electron chi connectivity index (χ1n) is 20.4. The molecule has 0 radical (unpaired) electrons. The van der Waals surface area contributed by atoms with E-state index in [1.807, 2.05) is 38.4 Å². The molecule has 3 aromatic rings. The van der Waals surface area contributed by atoms with Crippen LogP contribution in [0.1, 0.15) is 119 Å². The van der Waals surface area contributed by atoms with Gasteiger partial charge in [-0.3, -0.25) is 4.79 Å². The van der Waals surface area contributed by atoms with Crippen LogP contribution in [-0.2, 0) is 4.79 Å². The second kappa shape index (κ2) is 19.4. The van der Waals surface area contributed by atoms with E-state index in [1.165, 1.54) is 5.57 Å².